The number of carbonyl (C=O) groups is 2. The van der Waals surface area contributed by atoms with E-state index in [9.17, 15) is 9.59 Å². The number of amides is 2. The number of likely N-dealkylation sites (tertiary alicyclic amines) is 1. The summed E-state index contributed by atoms with van der Waals surface area (Å²) in [6.45, 7) is 2.29. The molecule has 1 saturated heterocycles. The van der Waals surface area contributed by atoms with Crippen molar-refractivity contribution >= 4 is 17.5 Å². The average molecular weight is 247 g/mol. The number of nitrogens with two attached hydrogens (primary N) is 1. The maximum absolute atomic E-state index is 11.8. The molecule has 0 atom stereocenters. The quantitative estimate of drug-likeness (QED) is 0.827. The molecule has 0 spiro atoms. The largest absolute Gasteiger partial charge is 0.366 e. The maximum atomic E-state index is 11.8. The zero-order chi connectivity index (χ0) is 13.0. The summed E-state index contributed by atoms with van der Waals surface area (Å²) < 4.78 is 0. The molecule has 3 N–H and O–H groups in total. The second-order valence-corrected chi connectivity index (χ2v) is 4.44. The highest BCUT2D eigenvalue weighted by molar-refractivity contribution is 6.03. The van der Waals surface area contributed by atoms with E-state index in [4.69, 9.17) is 5.73 Å². The zero-order valence-electron chi connectivity index (χ0n) is 10.2. The molecular formula is C13H17N3O2. The van der Waals surface area contributed by atoms with E-state index in [0.29, 0.717) is 17.8 Å². The van der Waals surface area contributed by atoms with E-state index in [1.165, 1.54) is 0 Å². The minimum absolute atomic E-state index is 0.106. The van der Waals surface area contributed by atoms with E-state index >= 15 is 0 Å². The van der Waals surface area contributed by atoms with Gasteiger partial charge in [0.15, 0.2) is 0 Å². The SMILES string of the molecule is NC(=O)c1ccccc1NC(=O)CN1CCCC1. The van der Waals surface area contributed by atoms with Crippen LogP contribution in [-0.2, 0) is 4.79 Å². The van der Waals surface area contributed by atoms with E-state index in [-0.39, 0.29) is 5.91 Å². The van der Waals surface area contributed by atoms with Crippen molar-refractivity contribution in [1.82, 2.24) is 4.90 Å². The topological polar surface area (TPSA) is 75.4 Å². The lowest BCUT2D eigenvalue weighted by atomic mass is 10.1. The van der Waals surface area contributed by atoms with Crippen LogP contribution < -0.4 is 11.1 Å². The van der Waals surface area contributed by atoms with Crippen molar-refractivity contribution < 1.29 is 9.59 Å². The monoisotopic (exact) mass is 247 g/mol. The van der Waals surface area contributed by atoms with Crippen molar-refractivity contribution in [3.05, 3.63) is 29.8 Å². The molecule has 0 radical (unpaired) electrons. The molecule has 5 heteroatoms. The Morgan fingerprint density at radius 2 is 1.89 bits per heavy atom. The van der Waals surface area contributed by atoms with Gasteiger partial charge in [-0.2, -0.15) is 0 Å². The molecule has 1 aromatic rings. The summed E-state index contributed by atoms with van der Waals surface area (Å²) in [6, 6.07) is 6.77. The Hall–Kier alpha value is -1.88. The minimum atomic E-state index is -0.535. The number of nitrogens with zero attached hydrogens (tertiary/aromatic N) is 1. The van der Waals surface area contributed by atoms with E-state index in [1.807, 2.05) is 0 Å². The fraction of sp³-hybridized carbons (Fsp3) is 0.385. The summed E-state index contributed by atoms with van der Waals surface area (Å²) in [5.74, 6) is -0.641. The Balaban J connectivity index is 2.00. The van der Waals surface area contributed by atoms with Gasteiger partial charge in [0.25, 0.3) is 5.91 Å². The average Bonchev–Trinajstić information content (AvgIpc) is 2.82. The van der Waals surface area contributed by atoms with Crippen LogP contribution in [0.4, 0.5) is 5.69 Å². The number of carbonyl (C=O) groups excluding carboxylic acids is 2. The summed E-state index contributed by atoms with van der Waals surface area (Å²) in [5, 5.41) is 2.74. The highest BCUT2D eigenvalue weighted by Gasteiger charge is 2.16. The second-order valence-electron chi connectivity index (χ2n) is 4.44. The first-order valence-corrected chi connectivity index (χ1v) is 6.08. The van der Waals surface area contributed by atoms with Gasteiger partial charge < -0.3 is 11.1 Å². The lowest BCUT2D eigenvalue weighted by Crippen LogP contribution is -2.31. The lowest BCUT2D eigenvalue weighted by molar-refractivity contribution is -0.117. The molecule has 1 aliphatic heterocycles. The van der Waals surface area contributed by atoms with Crippen molar-refractivity contribution in [2.24, 2.45) is 5.73 Å². The molecule has 1 aromatic carbocycles. The Morgan fingerprint density at radius 1 is 1.22 bits per heavy atom. The normalized spacial score (nSPS) is 15.6. The number of hydrogen-bond acceptors (Lipinski definition) is 3. The molecular weight excluding hydrogens is 230 g/mol. The van der Waals surface area contributed by atoms with E-state index < -0.39 is 5.91 Å². The Kier molecular flexibility index (Phi) is 3.94. The van der Waals surface area contributed by atoms with Crippen LogP contribution in [0.25, 0.3) is 0 Å². The van der Waals surface area contributed by atoms with Gasteiger partial charge in [0.1, 0.15) is 0 Å². The first-order valence-electron chi connectivity index (χ1n) is 6.08. The van der Waals surface area contributed by atoms with Gasteiger partial charge in [-0.25, -0.2) is 0 Å². The molecule has 0 aromatic heterocycles. The molecule has 2 amide bonds. The molecule has 1 aliphatic rings. The maximum Gasteiger partial charge on any atom is 0.250 e. The second kappa shape index (κ2) is 5.64. The molecule has 96 valence electrons. The molecule has 0 saturated carbocycles. The van der Waals surface area contributed by atoms with Gasteiger partial charge in [-0.3, -0.25) is 14.5 Å². The van der Waals surface area contributed by atoms with Gasteiger partial charge in [0.05, 0.1) is 17.8 Å². The molecule has 0 aliphatic carbocycles. The number of hydrogen-bond donors (Lipinski definition) is 2. The molecule has 5 nitrogen and oxygen atoms in total. The van der Waals surface area contributed by atoms with Crippen LogP contribution >= 0.6 is 0 Å². The molecule has 0 bridgehead atoms. The smallest absolute Gasteiger partial charge is 0.250 e. The third kappa shape index (κ3) is 3.07. The summed E-state index contributed by atoms with van der Waals surface area (Å²) in [7, 11) is 0. The van der Waals surface area contributed by atoms with Gasteiger partial charge in [-0.15, -0.1) is 0 Å². The lowest BCUT2D eigenvalue weighted by Gasteiger charge is -2.15. The predicted octanol–water partition coefficient (Wildman–Crippen LogP) is 0.820. The van der Waals surface area contributed by atoms with Gasteiger partial charge >= 0.3 is 0 Å². The Labute approximate surface area is 106 Å². The Morgan fingerprint density at radius 3 is 2.56 bits per heavy atom. The standard InChI is InChI=1S/C13H17N3O2/c14-13(18)10-5-1-2-6-11(10)15-12(17)9-16-7-3-4-8-16/h1-2,5-6H,3-4,7-9H2,(H2,14,18)(H,15,17). The van der Waals surface area contributed by atoms with E-state index in [2.05, 4.69) is 10.2 Å². The van der Waals surface area contributed by atoms with Gasteiger partial charge in [0, 0.05) is 0 Å². The fourth-order valence-electron chi connectivity index (χ4n) is 2.14. The number of benzene rings is 1. The van der Waals surface area contributed by atoms with Crippen LogP contribution in [-0.4, -0.2) is 36.3 Å². The number of para-hydroxylation sites is 1. The van der Waals surface area contributed by atoms with Crippen molar-refractivity contribution in [1.29, 1.82) is 0 Å². The van der Waals surface area contributed by atoms with Gasteiger partial charge in [-0.05, 0) is 38.1 Å². The molecule has 2 rings (SSSR count). The van der Waals surface area contributed by atoms with Gasteiger partial charge in [0.2, 0.25) is 5.91 Å². The third-order valence-corrected chi connectivity index (χ3v) is 3.03. The first-order chi connectivity index (χ1) is 8.66. The number of primary amides is 1. The summed E-state index contributed by atoms with van der Waals surface area (Å²) >= 11 is 0. The van der Waals surface area contributed by atoms with Crippen LogP contribution in [0.2, 0.25) is 0 Å². The van der Waals surface area contributed by atoms with Crippen LogP contribution in [0, 0.1) is 0 Å². The highest BCUT2D eigenvalue weighted by Crippen LogP contribution is 2.14. The molecule has 18 heavy (non-hydrogen) atoms. The zero-order valence-corrected chi connectivity index (χ0v) is 10.2. The van der Waals surface area contributed by atoms with Crippen LogP contribution in [0.15, 0.2) is 24.3 Å². The fourth-order valence-corrected chi connectivity index (χ4v) is 2.14. The van der Waals surface area contributed by atoms with Crippen LogP contribution in [0.1, 0.15) is 23.2 Å². The molecule has 1 heterocycles. The summed E-state index contributed by atoms with van der Waals surface area (Å²) in [4.78, 5) is 25.1. The molecule has 0 unspecified atom stereocenters. The van der Waals surface area contributed by atoms with Crippen molar-refractivity contribution in [2.75, 3.05) is 25.0 Å². The van der Waals surface area contributed by atoms with Gasteiger partial charge in [-0.1, -0.05) is 12.1 Å². The number of rotatable bonds is 4. The first kappa shape index (κ1) is 12.6. The summed E-state index contributed by atoms with van der Waals surface area (Å²) in [5.41, 5.74) is 6.07. The minimum Gasteiger partial charge on any atom is -0.366 e. The van der Waals surface area contributed by atoms with Crippen molar-refractivity contribution in [2.45, 2.75) is 12.8 Å². The van der Waals surface area contributed by atoms with E-state index in [1.54, 1.807) is 24.3 Å². The summed E-state index contributed by atoms with van der Waals surface area (Å²) in [6.07, 6.45) is 2.29. The molecule has 1 fully saturated rings. The van der Waals surface area contributed by atoms with E-state index in [0.717, 1.165) is 25.9 Å². The van der Waals surface area contributed by atoms with Crippen LogP contribution in [0.5, 0.6) is 0 Å². The third-order valence-electron chi connectivity index (χ3n) is 3.03. The van der Waals surface area contributed by atoms with Crippen molar-refractivity contribution in [3.8, 4) is 0 Å². The number of nitrogens with one attached hydrogen (secondary N) is 1. The van der Waals surface area contributed by atoms with Crippen LogP contribution in [0.3, 0.4) is 0 Å². The Bertz CT molecular complexity index is 453. The number of anilines is 1. The predicted molar refractivity (Wildman–Crippen MR) is 69.3 cm³/mol. The van der Waals surface area contributed by atoms with Crippen molar-refractivity contribution in [3.63, 3.8) is 0 Å². The highest BCUT2D eigenvalue weighted by atomic mass is 16.2.